The van der Waals surface area contributed by atoms with Gasteiger partial charge in [-0.05, 0) is 18.8 Å². The number of ketones is 1. The van der Waals surface area contributed by atoms with Crippen molar-refractivity contribution >= 4 is 12.1 Å². The van der Waals surface area contributed by atoms with Crippen LogP contribution < -0.4 is 0 Å². The molecule has 0 radical (unpaired) electrons. The van der Waals surface area contributed by atoms with Gasteiger partial charge in [0.25, 0.3) is 0 Å². The van der Waals surface area contributed by atoms with Gasteiger partial charge in [-0.3, -0.25) is 4.79 Å². The maximum absolute atomic E-state index is 11.1. The fourth-order valence-corrected chi connectivity index (χ4v) is 1.62. The molecular formula is C9H14O2. The summed E-state index contributed by atoms with van der Waals surface area (Å²) in [6, 6.07) is 0. The number of aldehydes is 1. The first-order valence-electron chi connectivity index (χ1n) is 4.28. The molecular weight excluding hydrogens is 140 g/mol. The molecule has 0 aromatic carbocycles. The van der Waals surface area contributed by atoms with E-state index in [2.05, 4.69) is 0 Å². The van der Waals surface area contributed by atoms with E-state index in [-0.39, 0.29) is 0 Å². The largest absolute Gasteiger partial charge is 0.303 e. The number of carbonyl (C=O) groups excluding carboxylic acids is 2. The summed E-state index contributed by atoms with van der Waals surface area (Å²) in [5, 5.41) is 0. The van der Waals surface area contributed by atoms with E-state index < -0.39 is 0 Å². The second kappa shape index (κ2) is 4.27. The Labute approximate surface area is 67.0 Å². The molecule has 0 aromatic heterocycles. The summed E-state index contributed by atoms with van der Waals surface area (Å²) in [7, 11) is 0. The van der Waals surface area contributed by atoms with Crippen molar-refractivity contribution in [3.05, 3.63) is 0 Å². The van der Waals surface area contributed by atoms with Gasteiger partial charge in [-0.25, -0.2) is 0 Å². The van der Waals surface area contributed by atoms with Gasteiger partial charge in [0.05, 0.1) is 0 Å². The highest BCUT2D eigenvalue weighted by atomic mass is 16.1. The van der Waals surface area contributed by atoms with Gasteiger partial charge >= 0.3 is 0 Å². The Bertz CT molecular complexity index is 152. The molecule has 0 heterocycles. The minimum absolute atomic E-state index is 0.342. The van der Waals surface area contributed by atoms with Gasteiger partial charge < -0.3 is 4.79 Å². The van der Waals surface area contributed by atoms with E-state index in [0.29, 0.717) is 24.5 Å². The molecule has 0 unspecified atom stereocenters. The smallest absolute Gasteiger partial charge is 0.133 e. The standard InChI is InChI=1S/C9H14O2/c10-6-5-8-3-1-2-4-9(11)7-8/h6,8H,1-5,7H2/t8-/m0/s1. The van der Waals surface area contributed by atoms with Crippen LogP contribution in [0.15, 0.2) is 0 Å². The predicted molar refractivity (Wildman–Crippen MR) is 42.3 cm³/mol. The van der Waals surface area contributed by atoms with Crippen molar-refractivity contribution in [2.24, 2.45) is 5.92 Å². The quantitative estimate of drug-likeness (QED) is 0.448. The zero-order chi connectivity index (χ0) is 8.10. The average molecular weight is 154 g/mol. The number of hydrogen-bond acceptors (Lipinski definition) is 2. The van der Waals surface area contributed by atoms with Crippen molar-refractivity contribution in [1.29, 1.82) is 0 Å². The average Bonchev–Trinajstić information content (AvgIpc) is 2.15. The van der Waals surface area contributed by atoms with Crippen molar-refractivity contribution in [2.75, 3.05) is 0 Å². The molecule has 1 atom stereocenters. The normalized spacial score (nSPS) is 26.2. The van der Waals surface area contributed by atoms with Crippen LogP contribution in [0.25, 0.3) is 0 Å². The molecule has 62 valence electrons. The zero-order valence-corrected chi connectivity index (χ0v) is 6.71. The topological polar surface area (TPSA) is 34.1 Å². The van der Waals surface area contributed by atoms with E-state index in [1.54, 1.807) is 0 Å². The van der Waals surface area contributed by atoms with Gasteiger partial charge in [-0.2, -0.15) is 0 Å². The van der Waals surface area contributed by atoms with Crippen LogP contribution in [-0.2, 0) is 9.59 Å². The lowest BCUT2D eigenvalue weighted by molar-refractivity contribution is -0.119. The van der Waals surface area contributed by atoms with Gasteiger partial charge in [-0.15, -0.1) is 0 Å². The fourth-order valence-electron chi connectivity index (χ4n) is 1.62. The number of rotatable bonds is 2. The molecule has 0 aromatic rings. The summed E-state index contributed by atoms with van der Waals surface area (Å²) in [5.41, 5.74) is 0. The van der Waals surface area contributed by atoms with E-state index in [9.17, 15) is 9.59 Å². The highest BCUT2D eigenvalue weighted by Crippen LogP contribution is 2.22. The molecule has 1 aliphatic rings. The third kappa shape index (κ3) is 2.83. The lowest BCUT2D eigenvalue weighted by atomic mass is 9.97. The second-order valence-electron chi connectivity index (χ2n) is 3.26. The Morgan fingerprint density at radius 1 is 1.45 bits per heavy atom. The van der Waals surface area contributed by atoms with E-state index in [4.69, 9.17) is 0 Å². The predicted octanol–water partition coefficient (Wildman–Crippen LogP) is 1.72. The molecule has 0 saturated heterocycles. The lowest BCUT2D eigenvalue weighted by Gasteiger charge is -2.07. The van der Waals surface area contributed by atoms with Gasteiger partial charge in [0.1, 0.15) is 12.1 Å². The highest BCUT2D eigenvalue weighted by Gasteiger charge is 2.16. The minimum atomic E-state index is 0.342. The van der Waals surface area contributed by atoms with Crippen molar-refractivity contribution in [2.45, 2.75) is 38.5 Å². The van der Waals surface area contributed by atoms with Crippen LogP contribution in [0.2, 0.25) is 0 Å². The van der Waals surface area contributed by atoms with E-state index in [1.165, 1.54) is 0 Å². The van der Waals surface area contributed by atoms with Crippen LogP contribution in [0, 0.1) is 5.92 Å². The summed E-state index contributed by atoms with van der Waals surface area (Å²) in [5.74, 6) is 0.692. The minimum Gasteiger partial charge on any atom is -0.303 e. The lowest BCUT2D eigenvalue weighted by Crippen LogP contribution is -2.05. The van der Waals surface area contributed by atoms with E-state index >= 15 is 0 Å². The SMILES string of the molecule is O=CC[C@@H]1CCCCC(=O)C1. The second-order valence-corrected chi connectivity index (χ2v) is 3.26. The fraction of sp³-hybridized carbons (Fsp3) is 0.778. The maximum Gasteiger partial charge on any atom is 0.133 e. The molecule has 2 heteroatoms. The molecule has 1 saturated carbocycles. The summed E-state index contributed by atoms with van der Waals surface area (Å²) < 4.78 is 0. The molecule has 0 bridgehead atoms. The third-order valence-corrected chi connectivity index (χ3v) is 2.26. The van der Waals surface area contributed by atoms with Crippen LogP contribution in [0.5, 0.6) is 0 Å². The third-order valence-electron chi connectivity index (χ3n) is 2.26. The zero-order valence-electron chi connectivity index (χ0n) is 6.71. The van der Waals surface area contributed by atoms with Crippen molar-refractivity contribution in [3.63, 3.8) is 0 Å². The van der Waals surface area contributed by atoms with Crippen LogP contribution in [0.1, 0.15) is 38.5 Å². The van der Waals surface area contributed by atoms with Crippen molar-refractivity contribution < 1.29 is 9.59 Å². The summed E-state index contributed by atoms with van der Waals surface area (Å²) in [6.07, 6.45) is 6.08. The van der Waals surface area contributed by atoms with Crippen molar-refractivity contribution in [1.82, 2.24) is 0 Å². The Morgan fingerprint density at radius 2 is 2.27 bits per heavy atom. The molecule has 11 heavy (non-hydrogen) atoms. The van der Waals surface area contributed by atoms with Crippen LogP contribution >= 0.6 is 0 Å². The number of carbonyl (C=O) groups is 2. The molecule has 0 amide bonds. The molecule has 0 spiro atoms. The number of Topliss-reactive ketones (excluding diaryl/α,β-unsaturated/α-hetero) is 1. The molecule has 0 aliphatic heterocycles. The van der Waals surface area contributed by atoms with Gasteiger partial charge in [0, 0.05) is 19.3 Å². The number of hydrogen-bond donors (Lipinski definition) is 0. The Hall–Kier alpha value is -0.660. The van der Waals surface area contributed by atoms with Gasteiger partial charge in [-0.1, -0.05) is 6.42 Å². The Kier molecular flexibility index (Phi) is 3.27. The molecule has 0 N–H and O–H groups in total. The van der Waals surface area contributed by atoms with Gasteiger partial charge in [0.15, 0.2) is 0 Å². The molecule has 1 aliphatic carbocycles. The van der Waals surface area contributed by atoms with Gasteiger partial charge in [0.2, 0.25) is 0 Å². The monoisotopic (exact) mass is 154 g/mol. The van der Waals surface area contributed by atoms with Crippen LogP contribution in [-0.4, -0.2) is 12.1 Å². The van der Waals surface area contributed by atoms with Crippen LogP contribution in [0.4, 0.5) is 0 Å². The van der Waals surface area contributed by atoms with E-state index in [0.717, 1.165) is 32.0 Å². The summed E-state index contributed by atoms with van der Waals surface area (Å²) in [4.78, 5) is 21.2. The summed E-state index contributed by atoms with van der Waals surface area (Å²) >= 11 is 0. The first-order chi connectivity index (χ1) is 5.33. The first-order valence-corrected chi connectivity index (χ1v) is 4.28. The maximum atomic E-state index is 11.1. The van der Waals surface area contributed by atoms with E-state index in [1.807, 2.05) is 0 Å². The van der Waals surface area contributed by atoms with Crippen LogP contribution in [0.3, 0.4) is 0 Å². The highest BCUT2D eigenvalue weighted by molar-refractivity contribution is 5.79. The summed E-state index contributed by atoms with van der Waals surface area (Å²) in [6.45, 7) is 0. The Morgan fingerprint density at radius 3 is 3.00 bits per heavy atom. The Balaban J connectivity index is 2.38. The molecule has 1 fully saturated rings. The molecule has 2 nitrogen and oxygen atoms in total. The first kappa shape index (κ1) is 8.44. The molecule has 1 rings (SSSR count). The van der Waals surface area contributed by atoms with Crippen molar-refractivity contribution in [3.8, 4) is 0 Å².